The van der Waals surface area contributed by atoms with Crippen LogP contribution in [0.4, 0.5) is 4.79 Å². The van der Waals surface area contributed by atoms with Gasteiger partial charge in [-0.2, -0.15) is 0 Å². The van der Waals surface area contributed by atoms with Crippen molar-refractivity contribution in [3.63, 3.8) is 0 Å². The van der Waals surface area contributed by atoms with E-state index in [-0.39, 0.29) is 25.9 Å². The summed E-state index contributed by atoms with van der Waals surface area (Å²) in [6, 6.07) is 5.06. The number of nitrogens with zero attached hydrogens (tertiary/aromatic N) is 1. The number of amides is 1. The minimum Gasteiger partial charge on any atom is -0.481 e. The monoisotopic (exact) mass is 331 g/mol. The molecular weight excluding hydrogens is 317 g/mol. The van der Waals surface area contributed by atoms with Crippen molar-refractivity contribution < 1.29 is 19.8 Å². The number of benzene rings is 1. The fourth-order valence-corrected chi connectivity index (χ4v) is 2.95. The molecule has 1 aliphatic rings. The molecule has 0 bridgehead atoms. The van der Waals surface area contributed by atoms with E-state index in [1.54, 1.807) is 18.2 Å². The van der Waals surface area contributed by atoms with Crippen molar-refractivity contribution in [3.05, 3.63) is 33.8 Å². The topological polar surface area (TPSA) is 77.8 Å². The molecule has 0 radical (unpaired) electrons. The van der Waals surface area contributed by atoms with Crippen LogP contribution in [0.3, 0.4) is 0 Å². The Morgan fingerprint density at radius 1 is 1.14 bits per heavy atom. The molecule has 1 fully saturated rings. The predicted octanol–water partition coefficient (Wildman–Crippen LogP) is 3.38. The third kappa shape index (κ3) is 3.41. The van der Waals surface area contributed by atoms with Gasteiger partial charge in [-0.3, -0.25) is 4.79 Å². The molecule has 2 rings (SSSR count). The van der Waals surface area contributed by atoms with Crippen molar-refractivity contribution in [2.45, 2.75) is 19.3 Å². The van der Waals surface area contributed by atoms with Gasteiger partial charge in [0.2, 0.25) is 0 Å². The molecule has 1 saturated heterocycles. The summed E-state index contributed by atoms with van der Waals surface area (Å²) in [7, 11) is 0. The van der Waals surface area contributed by atoms with E-state index in [0.717, 1.165) is 5.56 Å². The fourth-order valence-electron chi connectivity index (χ4n) is 2.63. The minimum atomic E-state index is -1.01. The number of hydrogen-bond donors (Lipinski definition) is 2. The van der Waals surface area contributed by atoms with Crippen LogP contribution < -0.4 is 0 Å². The van der Waals surface area contributed by atoms with Gasteiger partial charge in [-0.25, -0.2) is 4.79 Å². The molecule has 0 unspecified atom stereocenters. The lowest BCUT2D eigenvalue weighted by Crippen LogP contribution is -2.47. The van der Waals surface area contributed by atoms with Crippen LogP contribution in [0, 0.1) is 5.41 Å². The Kier molecular flexibility index (Phi) is 4.64. The van der Waals surface area contributed by atoms with E-state index >= 15 is 0 Å². The summed E-state index contributed by atoms with van der Waals surface area (Å²) in [5.74, 6) is -0.904. The molecule has 0 atom stereocenters. The third-order valence-corrected chi connectivity index (χ3v) is 4.71. The highest BCUT2D eigenvalue weighted by atomic mass is 35.5. The van der Waals surface area contributed by atoms with Crippen molar-refractivity contribution in [1.29, 1.82) is 0 Å². The zero-order chi connectivity index (χ0) is 15.6. The van der Waals surface area contributed by atoms with Crippen LogP contribution in [0.2, 0.25) is 10.0 Å². The smallest absolute Gasteiger partial charge is 0.407 e. The van der Waals surface area contributed by atoms with Gasteiger partial charge in [-0.1, -0.05) is 29.3 Å². The number of carbonyl (C=O) groups is 2. The van der Waals surface area contributed by atoms with Gasteiger partial charge in [0, 0.05) is 13.1 Å². The van der Waals surface area contributed by atoms with E-state index < -0.39 is 17.5 Å². The number of hydrogen-bond acceptors (Lipinski definition) is 2. The van der Waals surface area contributed by atoms with Gasteiger partial charge >= 0.3 is 12.1 Å². The van der Waals surface area contributed by atoms with Crippen LogP contribution >= 0.6 is 23.2 Å². The molecule has 114 valence electrons. The van der Waals surface area contributed by atoms with Gasteiger partial charge in [0.15, 0.2) is 0 Å². The Morgan fingerprint density at radius 3 is 2.24 bits per heavy atom. The Hall–Kier alpha value is -1.46. The summed E-state index contributed by atoms with van der Waals surface area (Å²) in [4.78, 5) is 23.9. The van der Waals surface area contributed by atoms with Crippen LogP contribution in [0.25, 0.3) is 0 Å². The first-order chi connectivity index (χ1) is 9.84. The van der Waals surface area contributed by atoms with E-state index in [2.05, 4.69) is 0 Å². The molecule has 2 N–H and O–H groups in total. The molecule has 1 aliphatic heterocycles. The summed E-state index contributed by atoms with van der Waals surface area (Å²) >= 11 is 11.8. The maximum atomic E-state index is 11.7. The van der Waals surface area contributed by atoms with Crippen molar-refractivity contribution in [2.75, 3.05) is 13.1 Å². The second-order valence-electron chi connectivity index (χ2n) is 5.28. The third-order valence-electron chi connectivity index (χ3n) is 3.97. The molecule has 0 aromatic heterocycles. The molecule has 5 nitrogen and oxygen atoms in total. The predicted molar refractivity (Wildman–Crippen MR) is 79.1 cm³/mol. The van der Waals surface area contributed by atoms with Crippen molar-refractivity contribution >= 4 is 35.3 Å². The maximum absolute atomic E-state index is 11.7. The highest BCUT2D eigenvalue weighted by Gasteiger charge is 2.42. The molecule has 21 heavy (non-hydrogen) atoms. The lowest BCUT2D eigenvalue weighted by Gasteiger charge is -2.37. The van der Waals surface area contributed by atoms with Crippen LogP contribution in [0.15, 0.2) is 18.2 Å². The zero-order valence-corrected chi connectivity index (χ0v) is 12.7. The highest BCUT2D eigenvalue weighted by Crippen LogP contribution is 2.36. The average Bonchev–Trinajstić information content (AvgIpc) is 2.43. The first-order valence-corrected chi connectivity index (χ1v) is 7.25. The number of halogens is 2. The lowest BCUT2D eigenvalue weighted by atomic mass is 9.74. The molecular formula is C14H15Cl2NO4. The number of aliphatic carboxylic acids is 1. The zero-order valence-electron chi connectivity index (χ0n) is 11.2. The normalized spacial score (nSPS) is 17.5. The summed E-state index contributed by atoms with van der Waals surface area (Å²) < 4.78 is 0. The first-order valence-electron chi connectivity index (χ1n) is 6.49. The lowest BCUT2D eigenvalue weighted by molar-refractivity contribution is -0.151. The summed E-state index contributed by atoms with van der Waals surface area (Å²) in [6.07, 6.45) is -0.125. The summed E-state index contributed by atoms with van der Waals surface area (Å²) in [6.45, 7) is 0.450. The van der Waals surface area contributed by atoms with E-state index in [9.17, 15) is 14.7 Å². The number of carboxylic acids is 1. The minimum absolute atomic E-state index is 0.225. The van der Waals surface area contributed by atoms with Gasteiger partial charge < -0.3 is 15.1 Å². The molecule has 1 amide bonds. The number of likely N-dealkylation sites (tertiary alicyclic amines) is 1. The van der Waals surface area contributed by atoms with Crippen molar-refractivity contribution in [3.8, 4) is 0 Å². The number of rotatable bonds is 3. The van der Waals surface area contributed by atoms with Crippen LogP contribution in [-0.2, 0) is 11.2 Å². The summed E-state index contributed by atoms with van der Waals surface area (Å²) in [5.41, 5.74) is -0.168. The Labute approximate surface area is 132 Å². The van der Waals surface area contributed by atoms with Gasteiger partial charge in [-0.15, -0.1) is 0 Å². The fraction of sp³-hybridized carbons (Fsp3) is 0.429. The molecule has 0 saturated carbocycles. The molecule has 0 aliphatic carbocycles. The van der Waals surface area contributed by atoms with Gasteiger partial charge in [0.05, 0.1) is 15.5 Å². The molecule has 0 spiro atoms. The first kappa shape index (κ1) is 15.9. The number of piperidine rings is 1. The van der Waals surface area contributed by atoms with E-state index in [4.69, 9.17) is 28.3 Å². The van der Waals surface area contributed by atoms with Gasteiger partial charge in [0.25, 0.3) is 0 Å². The second-order valence-corrected chi connectivity index (χ2v) is 6.09. The number of carboxylic acid groups (broad SMARTS) is 2. The van der Waals surface area contributed by atoms with Crippen LogP contribution in [0.1, 0.15) is 18.4 Å². The standard InChI is InChI=1S/C14H15Cl2NO4/c15-10-2-1-9(7-11(10)16)8-14(12(18)19)3-5-17(6-4-14)13(20)21/h1-2,7H,3-6,8H2,(H,18,19)(H,20,21). The van der Waals surface area contributed by atoms with E-state index in [1.165, 1.54) is 4.90 Å². The Bertz CT molecular complexity index is 568. The van der Waals surface area contributed by atoms with Gasteiger partial charge in [0.1, 0.15) is 0 Å². The molecule has 7 heteroatoms. The van der Waals surface area contributed by atoms with Crippen LogP contribution in [-0.4, -0.2) is 40.3 Å². The van der Waals surface area contributed by atoms with Crippen molar-refractivity contribution in [1.82, 2.24) is 4.90 Å². The average molecular weight is 332 g/mol. The highest BCUT2D eigenvalue weighted by molar-refractivity contribution is 6.42. The van der Waals surface area contributed by atoms with E-state index in [0.29, 0.717) is 16.5 Å². The Balaban J connectivity index is 2.18. The maximum Gasteiger partial charge on any atom is 0.407 e. The largest absolute Gasteiger partial charge is 0.481 e. The molecule has 1 aromatic carbocycles. The quantitative estimate of drug-likeness (QED) is 0.889. The van der Waals surface area contributed by atoms with Crippen molar-refractivity contribution in [2.24, 2.45) is 5.41 Å². The molecule has 1 heterocycles. The van der Waals surface area contributed by atoms with E-state index in [1.807, 2.05) is 0 Å². The van der Waals surface area contributed by atoms with Crippen LogP contribution in [0.5, 0.6) is 0 Å². The SMILES string of the molecule is O=C(O)N1CCC(Cc2ccc(Cl)c(Cl)c2)(C(=O)O)CC1. The molecule has 1 aromatic rings. The Morgan fingerprint density at radius 2 is 1.76 bits per heavy atom. The second kappa shape index (κ2) is 6.12. The summed E-state index contributed by atoms with van der Waals surface area (Å²) in [5, 5.41) is 19.3. The van der Waals surface area contributed by atoms with Gasteiger partial charge in [-0.05, 0) is 37.0 Å².